The lowest BCUT2D eigenvalue weighted by Gasteiger charge is -2.70. The number of hydrogen-bond acceptors (Lipinski definition) is 4. The molecule has 3 saturated carbocycles. The Bertz CT molecular complexity index is 1160. The van der Waals surface area contributed by atoms with Gasteiger partial charge in [0.05, 0.1) is 10.6 Å². The summed E-state index contributed by atoms with van der Waals surface area (Å²) in [4.78, 5) is 32.0. The van der Waals surface area contributed by atoms with Crippen LogP contribution in [0.25, 0.3) is 11.0 Å². The Kier molecular flexibility index (Phi) is 4.21. The van der Waals surface area contributed by atoms with Crippen LogP contribution < -0.4 is 15.4 Å². The van der Waals surface area contributed by atoms with Crippen molar-refractivity contribution in [3.8, 4) is 5.75 Å². The maximum Gasteiger partial charge on any atom is 0.258 e. The van der Waals surface area contributed by atoms with Crippen LogP contribution in [0.5, 0.6) is 5.75 Å². The number of H-pyrrole nitrogens is 1. The van der Waals surface area contributed by atoms with E-state index in [0.29, 0.717) is 24.8 Å². The van der Waals surface area contributed by atoms with Crippen molar-refractivity contribution in [1.29, 1.82) is 0 Å². The highest BCUT2D eigenvalue weighted by Gasteiger charge is 2.69. The van der Waals surface area contributed by atoms with Crippen molar-refractivity contribution < 1.29 is 18.7 Å². The van der Waals surface area contributed by atoms with Gasteiger partial charge in [0.25, 0.3) is 11.8 Å². The quantitative estimate of drug-likeness (QED) is 0.562. The summed E-state index contributed by atoms with van der Waals surface area (Å²) in [5.74, 6) is -0.815. The molecule has 1 aromatic carbocycles. The summed E-state index contributed by atoms with van der Waals surface area (Å²) < 4.78 is 18.7. The second-order valence-corrected chi connectivity index (χ2v) is 8.50. The number of ether oxygens (including phenoxy) is 1. The third-order valence-corrected chi connectivity index (χ3v) is 6.04. The predicted molar refractivity (Wildman–Crippen MR) is 108 cm³/mol. The van der Waals surface area contributed by atoms with Crippen molar-refractivity contribution in [3.05, 3.63) is 59.1 Å². The van der Waals surface area contributed by atoms with Crippen molar-refractivity contribution in [3.63, 3.8) is 0 Å². The molecular weight excluding hydrogens is 411 g/mol. The monoisotopic (exact) mass is 428 g/mol. The Morgan fingerprint density at radius 1 is 1.17 bits per heavy atom. The van der Waals surface area contributed by atoms with Crippen molar-refractivity contribution >= 4 is 34.4 Å². The van der Waals surface area contributed by atoms with Crippen molar-refractivity contribution in [2.45, 2.75) is 30.3 Å². The van der Waals surface area contributed by atoms with E-state index < -0.39 is 5.82 Å². The average Bonchev–Trinajstić information content (AvgIpc) is 3.14. The molecule has 9 heteroatoms. The molecule has 2 bridgehead atoms. The molecule has 30 heavy (non-hydrogen) atoms. The van der Waals surface area contributed by atoms with E-state index >= 15 is 0 Å². The summed E-state index contributed by atoms with van der Waals surface area (Å²) >= 11 is 5.63. The normalized spacial score (nSPS) is 23.9. The van der Waals surface area contributed by atoms with Crippen molar-refractivity contribution in [2.75, 3.05) is 6.61 Å². The summed E-state index contributed by atoms with van der Waals surface area (Å²) in [6.45, 7) is -0.218. The number of pyridine rings is 1. The molecule has 0 atom stereocenters. The average molecular weight is 429 g/mol. The number of aromatic nitrogens is 2. The molecule has 3 aliphatic rings. The molecule has 0 aliphatic heterocycles. The first kappa shape index (κ1) is 18.9. The highest BCUT2D eigenvalue weighted by atomic mass is 35.5. The van der Waals surface area contributed by atoms with E-state index in [1.54, 1.807) is 18.5 Å². The van der Waals surface area contributed by atoms with Gasteiger partial charge < -0.3 is 20.4 Å². The number of rotatable bonds is 6. The van der Waals surface area contributed by atoms with Crippen LogP contribution in [0.2, 0.25) is 5.02 Å². The van der Waals surface area contributed by atoms with Crippen LogP contribution in [-0.4, -0.2) is 39.5 Å². The molecule has 6 rings (SSSR count). The Morgan fingerprint density at radius 2 is 1.93 bits per heavy atom. The van der Waals surface area contributed by atoms with Crippen LogP contribution in [0.15, 0.2) is 42.7 Å². The predicted octanol–water partition coefficient (Wildman–Crippen LogP) is 2.96. The van der Waals surface area contributed by atoms with E-state index in [4.69, 9.17) is 16.3 Å². The standard InChI is InChI=1S/C21H18ClFN4O3/c22-15-2-1-14(6-16(15)23)30-8-17(28)26-20-9-21(10-20,11-20)27-19(29)13-5-12-3-4-24-18(12)25-7-13/h1-7H,8-11H2,(H,24,25)(H,26,28)(H,27,29). The lowest BCUT2D eigenvalue weighted by atomic mass is 9.44. The van der Waals surface area contributed by atoms with Crippen LogP contribution in [0.1, 0.15) is 29.6 Å². The summed E-state index contributed by atoms with van der Waals surface area (Å²) in [5.41, 5.74) is 0.662. The number of hydrogen-bond donors (Lipinski definition) is 3. The minimum absolute atomic E-state index is 0.00295. The van der Waals surface area contributed by atoms with Gasteiger partial charge >= 0.3 is 0 Å². The number of carbonyl (C=O) groups excluding carboxylic acids is 2. The van der Waals surface area contributed by atoms with E-state index in [9.17, 15) is 14.0 Å². The smallest absolute Gasteiger partial charge is 0.258 e. The SMILES string of the molecule is O=C(COc1ccc(Cl)c(F)c1)NC12CC(NC(=O)c3cnc4[nH]ccc4c3)(C1)C2. The summed E-state index contributed by atoms with van der Waals surface area (Å²) in [6, 6.07) is 7.69. The molecule has 2 aromatic heterocycles. The molecular formula is C21H18ClFN4O3. The molecule has 0 unspecified atom stereocenters. The van der Waals surface area contributed by atoms with Gasteiger partial charge in [0, 0.05) is 34.9 Å². The second-order valence-electron chi connectivity index (χ2n) is 8.10. The number of benzene rings is 1. The number of halogens is 2. The molecule has 2 heterocycles. The largest absolute Gasteiger partial charge is 0.484 e. The first-order valence-electron chi connectivity index (χ1n) is 9.50. The van der Waals surface area contributed by atoms with Crippen LogP contribution in [0, 0.1) is 5.82 Å². The van der Waals surface area contributed by atoms with Crippen molar-refractivity contribution in [2.24, 2.45) is 0 Å². The maximum absolute atomic E-state index is 13.4. The molecule has 3 aliphatic carbocycles. The van der Waals surface area contributed by atoms with Gasteiger partial charge in [-0.25, -0.2) is 9.37 Å². The van der Waals surface area contributed by atoms with Gasteiger partial charge in [0.15, 0.2) is 6.61 Å². The summed E-state index contributed by atoms with van der Waals surface area (Å²) in [6.07, 6.45) is 5.35. The molecule has 3 fully saturated rings. The maximum atomic E-state index is 13.4. The number of carbonyl (C=O) groups is 2. The zero-order chi connectivity index (χ0) is 20.9. The fourth-order valence-electron chi connectivity index (χ4n) is 4.48. The lowest BCUT2D eigenvalue weighted by molar-refractivity contribution is -0.141. The van der Waals surface area contributed by atoms with Gasteiger partial charge in [-0.1, -0.05) is 11.6 Å². The lowest BCUT2D eigenvalue weighted by Crippen LogP contribution is -2.84. The number of nitrogens with one attached hydrogen (secondary N) is 3. The van der Waals surface area contributed by atoms with Gasteiger partial charge in [-0.05, 0) is 43.5 Å². The highest BCUT2D eigenvalue weighted by Crippen LogP contribution is 2.60. The van der Waals surface area contributed by atoms with E-state index in [1.807, 2.05) is 6.07 Å². The Labute approximate surface area is 176 Å². The highest BCUT2D eigenvalue weighted by molar-refractivity contribution is 6.30. The summed E-state index contributed by atoms with van der Waals surface area (Å²) in [5, 5.41) is 6.91. The Balaban J connectivity index is 1.11. The zero-order valence-electron chi connectivity index (χ0n) is 15.8. The number of fused-ring (bicyclic) bond motifs is 1. The first-order valence-corrected chi connectivity index (χ1v) is 9.88. The molecule has 0 saturated heterocycles. The number of nitrogens with zero attached hydrogens (tertiary/aromatic N) is 1. The molecule has 3 aromatic rings. The Hall–Kier alpha value is -3.13. The number of aromatic amines is 1. The van der Waals surface area contributed by atoms with E-state index in [2.05, 4.69) is 20.6 Å². The first-order chi connectivity index (χ1) is 14.4. The topological polar surface area (TPSA) is 96.1 Å². The fourth-order valence-corrected chi connectivity index (χ4v) is 4.59. The van der Waals surface area contributed by atoms with Gasteiger partial charge in [0.1, 0.15) is 17.2 Å². The second kappa shape index (κ2) is 6.70. The van der Waals surface area contributed by atoms with Crippen LogP contribution in [0.4, 0.5) is 4.39 Å². The van der Waals surface area contributed by atoms with Crippen LogP contribution >= 0.6 is 11.6 Å². The molecule has 154 valence electrons. The zero-order valence-corrected chi connectivity index (χ0v) is 16.6. The third kappa shape index (κ3) is 3.27. The van der Waals surface area contributed by atoms with Crippen LogP contribution in [-0.2, 0) is 4.79 Å². The van der Waals surface area contributed by atoms with Gasteiger partial charge in [-0.15, -0.1) is 0 Å². The van der Waals surface area contributed by atoms with Crippen LogP contribution in [0.3, 0.4) is 0 Å². The minimum atomic E-state index is -0.600. The molecule has 7 nitrogen and oxygen atoms in total. The van der Waals surface area contributed by atoms with E-state index in [1.165, 1.54) is 12.1 Å². The minimum Gasteiger partial charge on any atom is -0.484 e. The van der Waals surface area contributed by atoms with Gasteiger partial charge in [-0.3, -0.25) is 9.59 Å². The summed E-state index contributed by atoms with van der Waals surface area (Å²) in [7, 11) is 0. The fraction of sp³-hybridized carbons (Fsp3) is 0.286. The molecule has 2 amide bonds. The molecule has 0 radical (unpaired) electrons. The van der Waals surface area contributed by atoms with E-state index in [-0.39, 0.29) is 40.3 Å². The molecule has 0 spiro atoms. The van der Waals surface area contributed by atoms with Crippen molar-refractivity contribution in [1.82, 2.24) is 20.6 Å². The third-order valence-electron chi connectivity index (χ3n) is 5.74. The van der Waals surface area contributed by atoms with Gasteiger partial charge in [-0.2, -0.15) is 0 Å². The molecule has 3 N–H and O–H groups in total. The Morgan fingerprint density at radius 3 is 2.70 bits per heavy atom. The van der Waals surface area contributed by atoms with Gasteiger partial charge in [0.2, 0.25) is 0 Å². The number of amides is 2. The van der Waals surface area contributed by atoms with E-state index in [0.717, 1.165) is 17.1 Å².